The SMILES string of the molecule is Cc1cn([C@H]2CC(OP(OCCC#N)N(C(C)C)C(C)C)[C@@H](COC(=O)C(=O)OC3CCCCC3)O2)c(=O)[nH]c1=O.Cc1cn([C@H]2CC(OP(OCCC#N)N(C(C)C)C(C)C)[C@@H](COC(=O)c3ccccc3C(=O)Oc3ccc([N+](=O)[O-])cc3)O2)c(=O)[nH]c1=O.Cc1cn([C@H]2CC(OP(OCCC#N)N(C(C)C)C(C)C)[C@@H](COC(=O)c3ccccc3C(=O)Oc3ccccc3C#N)O2)c(=O)[nH]c1=O. The maximum atomic E-state index is 13.4. The van der Waals surface area contributed by atoms with Crippen LogP contribution >= 0.6 is 25.6 Å². The number of nitriles is 4. The van der Waals surface area contributed by atoms with Crippen LogP contribution in [0.3, 0.4) is 0 Å². The summed E-state index contributed by atoms with van der Waals surface area (Å²) in [6.07, 6.45) is 1.58. The highest BCUT2D eigenvalue weighted by molar-refractivity contribution is 7.45. The van der Waals surface area contributed by atoms with E-state index >= 15 is 0 Å². The van der Waals surface area contributed by atoms with Gasteiger partial charge in [-0.3, -0.25) is 53.2 Å². The average Bonchev–Trinajstić information content (AvgIpc) is 1.65. The summed E-state index contributed by atoms with van der Waals surface area (Å²) in [6, 6.07) is 31.1. The molecule has 0 amide bonds. The van der Waals surface area contributed by atoms with Crippen molar-refractivity contribution in [1.29, 1.82) is 21.0 Å². The Morgan fingerprint density at radius 1 is 0.450 bits per heavy atom. The lowest BCUT2D eigenvalue weighted by atomic mass is 9.98. The van der Waals surface area contributed by atoms with Crippen molar-refractivity contribution in [3.63, 3.8) is 0 Å². The molecule has 4 fully saturated rings. The largest absolute Gasteiger partial charge is 0.459 e. The fourth-order valence-electron chi connectivity index (χ4n) is 15.4. The molecule has 4 aliphatic rings. The number of nitrogens with zero attached hydrogens (tertiary/aromatic N) is 11. The first-order valence-electron chi connectivity index (χ1n) is 45.5. The normalized spacial score (nSPS) is 19.1. The monoisotopic (exact) mass is 2000 g/mol. The molecule has 140 heavy (non-hydrogen) atoms. The van der Waals surface area contributed by atoms with Crippen molar-refractivity contribution in [2.24, 2.45) is 0 Å². The van der Waals surface area contributed by atoms with Gasteiger partial charge in [-0.1, -0.05) is 42.8 Å². The van der Waals surface area contributed by atoms with Crippen LogP contribution in [0.15, 0.2) is 144 Å². The molecule has 6 unspecified atom stereocenters. The topological polar surface area (TPSA) is 553 Å². The summed E-state index contributed by atoms with van der Waals surface area (Å²) in [5.41, 5.74) is -3.09. The molecule has 4 aromatic carbocycles. The van der Waals surface area contributed by atoms with E-state index in [4.69, 9.17) is 85.6 Å². The molecule has 11 rings (SSSR count). The predicted octanol–water partition coefficient (Wildman–Crippen LogP) is 12.7. The van der Waals surface area contributed by atoms with Crippen molar-refractivity contribution >= 4 is 67.1 Å². The molecule has 1 aliphatic carbocycles. The number of non-ortho nitro benzene ring substituents is 1. The summed E-state index contributed by atoms with van der Waals surface area (Å²) in [6.45, 7) is 27.9. The highest BCUT2D eigenvalue weighted by Gasteiger charge is 2.47. The zero-order valence-corrected chi connectivity index (χ0v) is 83.0. The summed E-state index contributed by atoms with van der Waals surface area (Å²) in [5.74, 6) is -5.57. The first kappa shape index (κ1) is 112. The van der Waals surface area contributed by atoms with Gasteiger partial charge < -0.3 is 69.8 Å². The van der Waals surface area contributed by atoms with Crippen LogP contribution in [0, 0.1) is 76.2 Å². The summed E-state index contributed by atoms with van der Waals surface area (Å²) in [4.78, 5) is 169. The maximum absolute atomic E-state index is 13.4. The van der Waals surface area contributed by atoms with Crippen molar-refractivity contribution in [3.05, 3.63) is 233 Å². The standard InChI is InChI=1S/C34H38N5O9P.C33H38N5O11P.C27H41N4O9P/c1-21(2)39(22(3)4)49(45-16-10-15-35)48-28-17-30(38-19-23(5)31(40)37-34(38)43)46-29(28)20-44-32(41)25-12-7-8-13-26(25)33(42)47-27-14-9-6-11-24(27)18-36;1-20(2)37(21(3)4)50(46-16-8-15-34)49-27-17-29(36-18-22(5)30(39)35-33(36)42)48-28(27)19-45-31(40)25-9-6-7-10-26(25)32(41)47-24-13-11-23(12-14-24)38(43)44;1-17(2)31(18(3)4)41(37-13-9-12-28)40-21-14-23(30-15-19(5)24(32)29-27(30)35)39-22(21)16-36-25(33)26(34)38-20-10-7-6-8-11-20/h6-9,11-14,19,21-22,28-30H,10,16-17,20H2,1-5H3,(H,37,40,43);6-7,9-14,18,20-21,27-29H,8,16-17,19H2,1-5H3,(H,35,39,42);15,17-18,20-23H,6-11,13-14,16H2,1-5H3,(H,29,32,35)/t28?,29-,30-,49?;27?,28-,29-,50?;21?,22-,23-,41?/m111/s1. The molecule has 1 saturated carbocycles. The Labute approximate surface area is 810 Å². The van der Waals surface area contributed by atoms with Crippen LogP contribution in [-0.4, -0.2) is 202 Å². The van der Waals surface area contributed by atoms with Gasteiger partial charge in [0.1, 0.15) is 80.5 Å². The minimum absolute atomic E-state index is 0.00319. The quantitative estimate of drug-likeness (QED) is 0.00468. The van der Waals surface area contributed by atoms with Crippen LogP contribution in [0.5, 0.6) is 11.5 Å². The third kappa shape index (κ3) is 31.2. The average molecular weight is 2000 g/mol. The second-order valence-electron chi connectivity index (χ2n) is 34.3. The van der Waals surface area contributed by atoms with Gasteiger partial charge in [-0.25, -0.2) is 57.2 Å². The van der Waals surface area contributed by atoms with E-state index in [9.17, 15) is 72.9 Å². The molecule has 12 atom stereocenters. The lowest BCUT2D eigenvalue weighted by Crippen LogP contribution is -2.37. The minimum atomic E-state index is -1.76. The number of rotatable bonds is 41. The van der Waals surface area contributed by atoms with Crippen LogP contribution < -0.4 is 43.2 Å². The minimum Gasteiger partial charge on any atom is -0.459 e. The number of ether oxygens (including phenoxy) is 9. The maximum Gasteiger partial charge on any atom is 0.417 e. The van der Waals surface area contributed by atoms with Crippen LogP contribution in [-0.2, 0) is 69.9 Å². The molecule has 0 bridgehead atoms. The Hall–Kier alpha value is -12.1. The van der Waals surface area contributed by atoms with Crippen LogP contribution in [0.1, 0.15) is 236 Å². The molecule has 6 heterocycles. The Morgan fingerprint density at radius 3 is 1.11 bits per heavy atom. The molecular weight excluding hydrogens is 1880 g/mol. The number of aromatic amines is 3. The first-order chi connectivity index (χ1) is 66.7. The molecule has 3 aliphatic heterocycles. The summed E-state index contributed by atoms with van der Waals surface area (Å²) in [5, 5.41) is 47.6. The van der Waals surface area contributed by atoms with Gasteiger partial charge >= 0.3 is 52.9 Å². The zero-order valence-electron chi connectivity index (χ0n) is 80.3. The van der Waals surface area contributed by atoms with Gasteiger partial charge in [-0.15, -0.1) is 0 Å². The highest BCUT2D eigenvalue weighted by Crippen LogP contribution is 2.53. The van der Waals surface area contributed by atoms with Crippen molar-refractivity contribution in [3.8, 4) is 35.8 Å². The Balaban J connectivity index is 0.000000236. The van der Waals surface area contributed by atoms with Crippen molar-refractivity contribution in [2.75, 3.05) is 39.6 Å². The second-order valence-corrected chi connectivity index (χ2v) is 38.5. The number of carbonyl (C=O) groups excluding carboxylic acids is 6. The lowest BCUT2D eigenvalue weighted by Gasteiger charge is -2.37. The molecule has 3 N–H and O–H groups in total. The number of nitro benzene ring substituents is 1. The number of aromatic nitrogens is 6. The smallest absolute Gasteiger partial charge is 0.417 e. The van der Waals surface area contributed by atoms with Gasteiger partial charge in [0.05, 0.1) is 108 Å². The summed E-state index contributed by atoms with van der Waals surface area (Å²) in [7, 11) is -5.18. The van der Waals surface area contributed by atoms with E-state index < -0.39 is 155 Å². The zero-order chi connectivity index (χ0) is 102. The highest BCUT2D eigenvalue weighted by atomic mass is 31.2. The van der Waals surface area contributed by atoms with Gasteiger partial charge in [0.15, 0.2) is 0 Å². The molecule has 0 radical (unpaired) electrons. The number of benzene rings is 4. The van der Waals surface area contributed by atoms with Crippen molar-refractivity contribution < 1.29 is 103 Å². The number of carbonyl (C=O) groups is 6. The number of hydrogen-bond donors (Lipinski definition) is 3. The number of para-hydroxylation sites is 1. The molecule has 3 saturated heterocycles. The van der Waals surface area contributed by atoms with Crippen molar-refractivity contribution in [1.82, 2.24) is 42.7 Å². The lowest BCUT2D eigenvalue weighted by molar-refractivity contribution is -0.384. The molecular formula is C94H117N14O29P3. The van der Waals surface area contributed by atoms with Gasteiger partial charge in [0.2, 0.25) is 0 Å². The molecule has 43 nitrogen and oxygen atoms in total. The fraction of sp³-hybridized carbons (Fsp3) is 0.511. The van der Waals surface area contributed by atoms with Gasteiger partial charge in [-0.2, -0.15) is 21.0 Å². The fourth-order valence-corrected chi connectivity index (χ4v) is 20.7. The third-order valence-corrected chi connectivity index (χ3v) is 28.4. The van der Waals surface area contributed by atoms with E-state index in [1.54, 1.807) is 45.0 Å². The Morgan fingerprint density at radius 2 is 0.779 bits per heavy atom. The predicted molar refractivity (Wildman–Crippen MR) is 506 cm³/mol. The number of aryl methyl sites for hydroxylation is 3. The van der Waals surface area contributed by atoms with E-state index in [1.165, 1.54) is 105 Å². The summed E-state index contributed by atoms with van der Waals surface area (Å²) < 4.78 is 98.8. The summed E-state index contributed by atoms with van der Waals surface area (Å²) >= 11 is 0. The van der Waals surface area contributed by atoms with E-state index in [-0.39, 0.29) is 171 Å². The van der Waals surface area contributed by atoms with E-state index in [2.05, 4.69) is 33.2 Å². The van der Waals surface area contributed by atoms with Crippen molar-refractivity contribution in [2.45, 2.75) is 272 Å². The number of nitro groups is 1. The molecule has 0 spiro atoms. The number of esters is 6. The van der Waals surface area contributed by atoms with E-state index in [1.807, 2.05) is 103 Å². The molecule has 3 aromatic heterocycles. The van der Waals surface area contributed by atoms with Gasteiger partial charge in [0, 0.05) is 103 Å². The van der Waals surface area contributed by atoms with Crippen LogP contribution in [0.2, 0.25) is 0 Å². The van der Waals surface area contributed by atoms with Gasteiger partial charge in [-0.05, 0) is 178 Å². The molecule has 7 aromatic rings. The third-order valence-electron chi connectivity index (χ3n) is 21.9. The second kappa shape index (κ2) is 54.1. The Bertz CT molecular complexity index is 5970. The van der Waals surface area contributed by atoms with Crippen LogP contribution in [0.25, 0.3) is 0 Å². The number of nitrogens with one attached hydrogen (secondary N) is 3. The Kier molecular flexibility index (Phi) is 43.1. The van der Waals surface area contributed by atoms with Crippen LogP contribution in [0.4, 0.5) is 5.69 Å². The number of hydrogen-bond acceptors (Lipinski definition) is 36. The number of H-pyrrole nitrogens is 3. The van der Waals surface area contributed by atoms with Gasteiger partial charge in [0.25, 0.3) is 47.9 Å². The first-order valence-corrected chi connectivity index (χ1v) is 48.9. The van der Waals surface area contributed by atoms with E-state index in [0.29, 0.717) is 24.0 Å². The van der Waals surface area contributed by atoms with E-state index in [0.717, 1.165) is 19.3 Å². The molecule has 46 heteroatoms. The molecule has 752 valence electrons.